The fraction of sp³-hybridized carbons (Fsp3) is 0.164. The van der Waals surface area contributed by atoms with Crippen LogP contribution in [-0.2, 0) is 20.1 Å². The zero-order valence-corrected chi connectivity index (χ0v) is 38.9. The van der Waals surface area contributed by atoms with Crippen molar-refractivity contribution >= 4 is 44.8 Å². The van der Waals surface area contributed by atoms with Crippen molar-refractivity contribution in [3.8, 4) is 55.9 Å². The van der Waals surface area contributed by atoms with E-state index < -0.39 is 20.8 Å². The zero-order chi connectivity index (χ0) is 44.4. The van der Waals surface area contributed by atoms with Crippen molar-refractivity contribution in [1.82, 2.24) is 9.97 Å². The number of pyridine rings is 2. The first-order valence-corrected chi connectivity index (χ1v) is 24.7. The molecule has 0 aliphatic carbocycles. The molecule has 0 unspecified atom stereocenters. The quantitative estimate of drug-likeness (QED) is 0.106. The zero-order valence-electron chi connectivity index (χ0n) is 38.6. The third kappa shape index (κ3) is 9.36. The molecule has 0 spiro atoms. The van der Waals surface area contributed by atoms with Crippen molar-refractivity contribution in [2.45, 2.75) is 59.1 Å². The van der Waals surface area contributed by atoms with Crippen LogP contribution in [0.2, 0.25) is 19.6 Å². The minimum absolute atomic E-state index is 0. The molecular formula is C55H50IrN2SSi-2. The number of nitrogens with zero attached hydrogens (tertiary/aromatic N) is 2. The fourth-order valence-corrected chi connectivity index (χ4v) is 9.76. The van der Waals surface area contributed by atoms with Gasteiger partial charge in [-0.2, -0.15) is 11.3 Å². The standard InChI is InChI=1S/C34H28NS.C21H22NSi.Ir/c1-3-23(4-2)26-17-18-35-31(21-26)27-15-16-32-30(19-27)34-29(25-13-9-6-10-14-25)20-28(22-33(34)36-32)24-11-7-5-8-12-24;1-16-10-11-18(14-20(16)17-8-6-5-7-9-17)21-13-12-19(15-22-21)23(2,3)4;/h5-14,16-23H,3-4H2,1-2H3;5-10,12-15H,1-4H3;/q2*-1;/i23D;1D3;. The monoisotopic (exact) mass is 995 g/mol. The van der Waals surface area contributed by atoms with E-state index in [0.29, 0.717) is 11.1 Å². The Morgan fingerprint density at radius 1 is 0.633 bits per heavy atom. The molecule has 0 fully saturated rings. The molecule has 0 aliphatic rings. The van der Waals surface area contributed by atoms with Gasteiger partial charge in [-0.3, -0.25) is 0 Å². The van der Waals surface area contributed by atoms with E-state index in [-0.39, 0.29) is 20.1 Å². The van der Waals surface area contributed by atoms with Crippen LogP contribution in [0.25, 0.3) is 76.1 Å². The van der Waals surface area contributed by atoms with Gasteiger partial charge in [0.2, 0.25) is 0 Å². The molecule has 6 aromatic carbocycles. The molecule has 1 radical (unpaired) electrons. The summed E-state index contributed by atoms with van der Waals surface area (Å²) >= 11 is 1.82. The maximum absolute atomic E-state index is 8.91. The minimum atomic E-state index is -2.19. The van der Waals surface area contributed by atoms with Crippen molar-refractivity contribution in [3.63, 3.8) is 0 Å². The summed E-state index contributed by atoms with van der Waals surface area (Å²) in [6.07, 6.45) is 5.32. The summed E-state index contributed by atoms with van der Waals surface area (Å²) < 4.78 is 34.9. The maximum Gasteiger partial charge on any atom is 0.0795 e. The largest absolute Gasteiger partial charge is 0.305 e. The Bertz CT molecular complexity index is 3000. The number of aryl methyl sites for hydroxylation is 1. The van der Waals surface area contributed by atoms with E-state index in [4.69, 9.17) is 5.48 Å². The molecule has 3 heterocycles. The van der Waals surface area contributed by atoms with Crippen molar-refractivity contribution < 1.29 is 25.6 Å². The summed E-state index contributed by atoms with van der Waals surface area (Å²) in [7, 11) is -1.40. The SMILES string of the molecule is [2H]C(CC)(CC)c1ccnc(-c2[c-]cc3sc4cc(-c5ccccc5)cc(-c5ccccc5)c4c3c2)c1.[2H]C([2H])([2H])c1c[c-]c(-c2ccc([Si](C)(C)C)cn2)cc1-c1ccccc1.[Ir]. The Balaban J connectivity index is 0.000000201. The molecule has 0 saturated heterocycles. The van der Waals surface area contributed by atoms with Gasteiger partial charge in [-0.15, -0.1) is 53.1 Å². The fourth-order valence-electron chi connectivity index (χ4n) is 7.59. The summed E-state index contributed by atoms with van der Waals surface area (Å²) in [5.41, 5.74) is 11.3. The van der Waals surface area contributed by atoms with Crippen LogP contribution in [0.15, 0.2) is 164 Å². The number of rotatable bonds is 9. The van der Waals surface area contributed by atoms with Crippen LogP contribution in [0.4, 0.5) is 0 Å². The van der Waals surface area contributed by atoms with Crippen molar-refractivity contribution in [1.29, 1.82) is 0 Å². The Labute approximate surface area is 380 Å². The number of hydrogen-bond donors (Lipinski definition) is 0. The molecule has 0 saturated carbocycles. The normalized spacial score (nSPS) is 12.7. The molecule has 0 amide bonds. The summed E-state index contributed by atoms with van der Waals surface area (Å²) in [5.74, 6) is -0.592. The summed E-state index contributed by atoms with van der Waals surface area (Å²) in [6.45, 7) is 8.84. The second-order valence-corrected chi connectivity index (χ2v) is 22.0. The van der Waals surface area contributed by atoms with Crippen LogP contribution >= 0.6 is 11.3 Å². The Morgan fingerprint density at radius 2 is 1.27 bits per heavy atom. The maximum atomic E-state index is 8.91. The first-order valence-electron chi connectivity index (χ1n) is 22.3. The molecule has 2 nitrogen and oxygen atoms in total. The summed E-state index contributed by atoms with van der Waals surface area (Å²) in [4.78, 5) is 9.29. The van der Waals surface area contributed by atoms with E-state index in [2.05, 4.69) is 153 Å². The van der Waals surface area contributed by atoms with Crippen LogP contribution in [0.1, 0.15) is 49.2 Å². The van der Waals surface area contributed by atoms with Gasteiger partial charge in [-0.25, -0.2) is 0 Å². The second-order valence-electron chi connectivity index (χ2n) is 15.8. The van der Waals surface area contributed by atoms with Gasteiger partial charge >= 0.3 is 0 Å². The van der Waals surface area contributed by atoms with Crippen LogP contribution in [0.3, 0.4) is 0 Å². The second kappa shape index (κ2) is 19.0. The third-order valence-corrected chi connectivity index (χ3v) is 14.1. The van der Waals surface area contributed by atoms with E-state index in [0.717, 1.165) is 46.5 Å². The van der Waals surface area contributed by atoms with Crippen molar-refractivity contribution in [2.75, 3.05) is 0 Å². The van der Waals surface area contributed by atoms with E-state index in [1.54, 1.807) is 6.07 Å². The minimum Gasteiger partial charge on any atom is -0.305 e. The van der Waals surface area contributed by atoms with Gasteiger partial charge in [0.05, 0.1) is 8.07 Å². The van der Waals surface area contributed by atoms with Crippen LogP contribution in [0, 0.1) is 19.0 Å². The molecule has 0 N–H and O–H groups in total. The van der Waals surface area contributed by atoms with Gasteiger partial charge in [0.15, 0.2) is 0 Å². The topological polar surface area (TPSA) is 25.8 Å². The van der Waals surface area contributed by atoms with E-state index in [1.165, 1.54) is 47.6 Å². The number of aromatic nitrogens is 2. The van der Waals surface area contributed by atoms with Crippen LogP contribution in [-0.4, -0.2) is 18.0 Å². The van der Waals surface area contributed by atoms with Crippen molar-refractivity contribution in [3.05, 3.63) is 187 Å². The molecule has 5 heteroatoms. The molecule has 0 bridgehead atoms. The number of hydrogen-bond acceptors (Lipinski definition) is 3. The summed E-state index contributed by atoms with van der Waals surface area (Å²) in [5, 5.41) is 3.79. The van der Waals surface area contributed by atoms with Crippen LogP contribution in [0.5, 0.6) is 0 Å². The predicted octanol–water partition coefficient (Wildman–Crippen LogP) is 15.2. The first kappa shape index (κ1) is 37.7. The van der Waals surface area contributed by atoms with Crippen LogP contribution < -0.4 is 5.19 Å². The van der Waals surface area contributed by atoms with Crippen molar-refractivity contribution in [2.24, 2.45) is 0 Å². The van der Waals surface area contributed by atoms with Gasteiger partial charge < -0.3 is 9.97 Å². The molecule has 3 aromatic heterocycles. The molecule has 0 atom stereocenters. The van der Waals surface area contributed by atoms with E-state index >= 15 is 0 Å². The Kier molecular flexibility index (Phi) is 11.9. The Hall–Kier alpha value is -5.29. The average molecular weight is 995 g/mol. The Morgan fingerprint density at radius 3 is 1.88 bits per heavy atom. The van der Waals surface area contributed by atoms with Gasteiger partial charge in [0.1, 0.15) is 0 Å². The molecule has 301 valence electrons. The molecule has 9 rings (SSSR count). The smallest absolute Gasteiger partial charge is 0.0795 e. The van der Waals surface area contributed by atoms with Gasteiger partial charge in [0.25, 0.3) is 0 Å². The first-order chi connectivity index (χ1) is 30.3. The van der Waals surface area contributed by atoms with E-state index in [1.807, 2.05) is 72.3 Å². The molecule has 0 aliphatic heterocycles. The van der Waals surface area contributed by atoms with Gasteiger partial charge in [0, 0.05) is 42.7 Å². The van der Waals surface area contributed by atoms with Gasteiger partial charge in [-0.05, 0) is 91.4 Å². The summed E-state index contributed by atoms with van der Waals surface area (Å²) in [6, 6.07) is 58.1. The van der Waals surface area contributed by atoms with E-state index in [9.17, 15) is 0 Å². The predicted molar refractivity (Wildman–Crippen MR) is 257 cm³/mol. The number of fused-ring (bicyclic) bond motifs is 3. The molecular weight excluding hydrogens is 941 g/mol. The third-order valence-electron chi connectivity index (χ3n) is 10.9. The average Bonchev–Trinajstić information content (AvgIpc) is 3.69. The van der Waals surface area contributed by atoms with Gasteiger partial charge in [-0.1, -0.05) is 166 Å². The molecule has 60 heavy (non-hydrogen) atoms. The molecule has 9 aromatic rings. The number of benzene rings is 6. The number of thiophene rings is 1.